The van der Waals surface area contributed by atoms with Gasteiger partial charge in [0.25, 0.3) is 5.91 Å². The van der Waals surface area contributed by atoms with E-state index in [2.05, 4.69) is 50.3 Å². The number of rotatable bonds is 6. The van der Waals surface area contributed by atoms with Crippen molar-refractivity contribution in [2.75, 3.05) is 6.54 Å². The maximum Gasteiger partial charge on any atom is 0.263 e. The third kappa shape index (κ3) is 4.22. The number of nitrogens with one attached hydrogen (secondary N) is 1. The van der Waals surface area contributed by atoms with Crippen molar-refractivity contribution in [3.8, 4) is 21.8 Å². The molecule has 0 spiro atoms. The number of hydrogen-bond donors (Lipinski definition) is 1. The number of carbonyl (C=O) groups excluding carboxylic acids is 1. The molecule has 28 heavy (non-hydrogen) atoms. The van der Waals surface area contributed by atoms with Crippen molar-refractivity contribution in [1.29, 1.82) is 0 Å². The lowest BCUT2D eigenvalue weighted by Gasteiger charge is -2.05. The summed E-state index contributed by atoms with van der Waals surface area (Å²) in [6.45, 7) is 4.50. The average Bonchev–Trinajstić information content (AvgIpc) is 3.43. The van der Waals surface area contributed by atoms with E-state index >= 15 is 0 Å². The molecule has 142 valence electrons. The Bertz CT molecular complexity index is 1080. The van der Waals surface area contributed by atoms with Gasteiger partial charge in [-0.3, -0.25) is 4.79 Å². The summed E-state index contributed by atoms with van der Waals surface area (Å²) in [7, 11) is 0. The smallest absolute Gasteiger partial charge is 0.263 e. The summed E-state index contributed by atoms with van der Waals surface area (Å²) in [6.07, 6.45) is 0.789. The van der Waals surface area contributed by atoms with Crippen molar-refractivity contribution >= 4 is 39.9 Å². The van der Waals surface area contributed by atoms with Gasteiger partial charge in [0.1, 0.15) is 9.88 Å². The third-order valence-corrected chi connectivity index (χ3v) is 7.00. The lowest BCUT2D eigenvalue weighted by Crippen LogP contribution is -2.25. The summed E-state index contributed by atoms with van der Waals surface area (Å²) in [6, 6.07) is 10.4. The molecule has 4 aromatic rings. The molecular weight excluding hydrogens is 406 g/mol. The molecule has 3 heterocycles. The Morgan fingerprint density at radius 3 is 2.54 bits per heavy atom. The Kier molecular flexibility index (Phi) is 5.66. The van der Waals surface area contributed by atoms with Crippen LogP contribution in [0.3, 0.4) is 0 Å². The summed E-state index contributed by atoms with van der Waals surface area (Å²) in [5.41, 5.74) is 5.19. The van der Waals surface area contributed by atoms with E-state index in [0.717, 1.165) is 39.0 Å². The molecule has 1 N–H and O–H groups in total. The standard InChI is InChI=1S/C21H19N3OS3/c1-13-19(28-21(23-13)17-8-10-26-11-17)20(25)22-9-7-15-3-5-16(6-4-15)18-12-27-14(2)24-18/h3-6,8,10-12H,7,9H2,1-2H3,(H,22,25). The van der Waals surface area contributed by atoms with E-state index in [1.54, 1.807) is 22.7 Å². The number of benzene rings is 1. The zero-order valence-corrected chi connectivity index (χ0v) is 18.0. The van der Waals surface area contributed by atoms with Crippen LogP contribution in [0.1, 0.15) is 25.9 Å². The van der Waals surface area contributed by atoms with Crippen LogP contribution >= 0.6 is 34.0 Å². The Morgan fingerprint density at radius 2 is 1.86 bits per heavy atom. The topological polar surface area (TPSA) is 54.9 Å². The maximum absolute atomic E-state index is 12.5. The number of carbonyl (C=O) groups is 1. The second-order valence-electron chi connectivity index (χ2n) is 6.40. The van der Waals surface area contributed by atoms with Crippen molar-refractivity contribution in [3.05, 3.63) is 67.6 Å². The van der Waals surface area contributed by atoms with Crippen LogP contribution in [0.2, 0.25) is 0 Å². The minimum atomic E-state index is -0.0500. The van der Waals surface area contributed by atoms with Gasteiger partial charge in [-0.05, 0) is 37.3 Å². The van der Waals surface area contributed by atoms with Crippen molar-refractivity contribution < 1.29 is 4.79 Å². The fourth-order valence-electron chi connectivity index (χ4n) is 2.86. The molecule has 0 aliphatic carbocycles. The van der Waals surface area contributed by atoms with E-state index in [9.17, 15) is 4.79 Å². The molecule has 0 saturated heterocycles. The molecule has 0 bridgehead atoms. The number of thiophene rings is 1. The van der Waals surface area contributed by atoms with Crippen LogP contribution in [0.25, 0.3) is 21.8 Å². The van der Waals surface area contributed by atoms with Gasteiger partial charge in [0.15, 0.2) is 0 Å². The molecule has 3 aromatic heterocycles. The van der Waals surface area contributed by atoms with E-state index in [-0.39, 0.29) is 5.91 Å². The van der Waals surface area contributed by atoms with Gasteiger partial charge in [0.05, 0.1) is 16.4 Å². The molecule has 0 unspecified atom stereocenters. The Morgan fingerprint density at radius 1 is 1.04 bits per heavy atom. The van der Waals surface area contributed by atoms with E-state index in [4.69, 9.17) is 0 Å². The Labute approximate surface area is 175 Å². The van der Waals surface area contributed by atoms with Crippen LogP contribution in [0.5, 0.6) is 0 Å². The lowest BCUT2D eigenvalue weighted by molar-refractivity contribution is 0.0957. The SMILES string of the molecule is Cc1nc(-c2ccc(CCNC(=O)c3sc(-c4ccsc4)nc3C)cc2)cs1. The summed E-state index contributed by atoms with van der Waals surface area (Å²) in [5.74, 6) is -0.0500. The molecule has 0 fully saturated rings. The number of aromatic nitrogens is 2. The van der Waals surface area contributed by atoms with Gasteiger partial charge in [-0.1, -0.05) is 24.3 Å². The minimum Gasteiger partial charge on any atom is -0.351 e. The van der Waals surface area contributed by atoms with Gasteiger partial charge in [-0.15, -0.1) is 22.7 Å². The number of amides is 1. The van der Waals surface area contributed by atoms with E-state index in [1.165, 1.54) is 16.9 Å². The van der Waals surface area contributed by atoms with Crippen LogP contribution in [0, 0.1) is 13.8 Å². The minimum absolute atomic E-state index is 0.0500. The predicted octanol–water partition coefficient (Wildman–Crippen LogP) is 5.58. The molecule has 0 aliphatic heterocycles. The number of nitrogens with zero attached hydrogens (tertiary/aromatic N) is 2. The van der Waals surface area contributed by atoms with Crippen molar-refractivity contribution in [1.82, 2.24) is 15.3 Å². The first-order valence-electron chi connectivity index (χ1n) is 8.90. The van der Waals surface area contributed by atoms with Crippen molar-refractivity contribution in [3.63, 3.8) is 0 Å². The van der Waals surface area contributed by atoms with Gasteiger partial charge in [0.2, 0.25) is 0 Å². The molecule has 0 saturated carbocycles. The third-order valence-electron chi connectivity index (χ3n) is 4.34. The van der Waals surface area contributed by atoms with Crippen LogP contribution in [-0.2, 0) is 6.42 Å². The maximum atomic E-state index is 12.5. The zero-order chi connectivity index (χ0) is 19.5. The number of hydrogen-bond acceptors (Lipinski definition) is 6. The molecule has 0 radical (unpaired) electrons. The van der Waals surface area contributed by atoms with Gasteiger partial charge < -0.3 is 5.32 Å². The van der Waals surface area contributed by atoms with Gasteiger partial charge in [-0.2, -0.15) is 11.3 Å². The highest BCUT2D eigenvalue weighted by Crippen LogP contribution is 2.29. The predicted molar refractivity (Wildman–Crippen MR) is 118 cm³/mol. The molecule has 7 heteroatoms. The van der Waals surface area contributed by atoms with E-state index in [1.807, 2.05) is 25.3 Å². The molecule has 4 rings (SSSR count). The summed E-state index contributed by atoms with van der Waals surface area (Å²) < 4.78 is 0. The van der Waals surface area contributed by atoms with Crippen molar-refractivity contribution in [2.24, 2.45) is 0 Å². The van der Waals surface area contributed by atoms with Gasteiger partial charge in [-0.25, -0.2) is 9.97 Å². The first-order valence-corrected chi connectivity index (χ1v) is 11.5. The highest BCUT2D eigenvalue weighted by Gasteiger charge is 2.16. The van der Waals surface area contributed by atoms with Gasteiger partial charge >= 0.3 is 0 Å². The fraction of sp³-hybridized carbons (Fsp3) is 0.190. The zero-order valence-electron chi connectivity index (χ0n) is 15.6. The summed E-state index contributed by atoms with van der Waals surface area (Å²) >= 11 is 4.74. The Hall–Kier alpha value is -2.35. The Balaban J connectivity index is 1.34. The highest BCUT2D eigenvalue weighted by molar-refractivity contribution is 7.17. The quantitative estimate of drug-likeness (QED) is 0.438. The van der Waals surface area contributed by atoms with Crippen LogP contribution < -0.4 is 5.32 Å². The molecule has 0 atom stereocenters. The highest BCUT2D eigenvalue weighted by atomic mass is 32.1. The van der Waals surface area contributed by atoms with Crippen LogP contribution in [0.15, 0.2) is 46.5 Å². The molecule has 1 amide bonds. The van der Waals surface area contributed by atoms with E-state index in [0.29, 0.717) is 11.4 Å². The molecule has 4 nitrogen and oxygen atoms in total. The molecule has 1 aromatic carbocycles. The largest absolute Gasteiger partial charge is 0.351 e. The number of thiazole rings is 2. The van der Waals surface area contributed by atoms with Gasteiger partial charge in [0, 0.05) is 28.4 Å². The average molecular weight is 426 g/mol. The first-order chi connectivity index (χ1) is 13.6. The second kappa shape index (κ2) is 8.34. The van der Waals surface area contributed by atoms with E-state index < -0.39 is 0 Å². The number of aryl methyl sites for hydroxylation is 2. The normalized spacial score (nSPS) is 10.9. The first kappa shape index (κ1) is 19.0. The summed E-state index contributed by atoms with van der Waals surface area (Å²) in [4.78, 5) is 22.3. The second-order valence-corrected chi connectivity index (χ2v) is 9.24. The molecule has 0 aliphatic rings. The monoisotopic (exact) mass is 425 g/mol. The lowest BCUT2D eigenvalue weighted by atomic mass is 10.1. The van der Waals surface area contributed by atoms with Crippen LogP contribution in [0.4, 0.5) is 0 Å². The molecular formula is C21H19N3OS3. The fourth-order valence-corrected chi connectivity index (χ4v) is 5.17. The van der Waals surface area contributed by atoms with Crippen molar-refractivity contribution in [2.45, 2.75) is 20.3 Å². The summed E-state index contributed by atoms with van der Waals surface area (Å²) in [5, 5.41) is 11.1. The van der Waals surface area contributed by atoms with Crippen LogP contribution in [-0.4, -0.2) is 22.4 Å².